The maximum atomic E-state index is 12.1. The van der Waals surface area contributed by atoms with Crippen molar-refractivity contribution in [3.63, 3.8) is 0 Å². The first kappa shape index (κ1) is 13.7. The molecule has 1 amide bonds. The van der Waals surface area contributed by atoms with Gasteiger partial charge in [-0.25, -0.2) is 9.78 Å². The Morgan fingerprint density at radius 3 is 2.76 bits per heavy atom. The highest BCUT2D eigenvalue weighted by atomic mass is 32.1. The lowest BCUT2D eigenvalue weighted by Crippen LogP contribution is -2.10. The van der Waals surface area contributed by atoms with E-state index in [-0.39, 0.29) is 11.5 Å². The summed E-state index contributed by atoms with van der Waals surface area (Å²) < 4.78 is 0.730. The number of nitrogens with zero attached hydrogens (tertiary/aromatic N) is 1. The number of hydrogen-bond acceptors (Lipinski definition) is 5. The van der Waals surface area contributed by atoms with Crippen LogP contribution in [0.5, 0.6) is 0 Å². The molecule has 0 fully saturated rings. The van der Waals surface area contributed by atoms with Gasteiger partial charge in [-0.05, 0) is 42.1 Å². The highest BCUT2D eigenvalue weighted by Crippen LogP contribution is 2.28. The number of carboxylic acid groups (broad SMARTS) is 1. The molecule has 2 N–H and O–H groups in total. The van der Waals surface area contributed by atoms with Gasteiger partial charge in [0.15, 0.2) is 5.13 Å². The monoisotopic (exact) mass is 318 g/mol. The van der Waals surface area contributed by atoms with Crippen LogP contribution in [0.4, 0.5) is 5.13 Å². The van der Waals surface area contributed by atoms with Gasteiger partial charge < -0.3 is 5.11 Å². The van der Waals surface area contributed by atoms with Gasteiger partial charge in [-0.2, -0.15) is 0 Å². The molecule has 3 aromatic rings. The summed E-state index contributed by atoms with van der Waals surface area (Å²) in [5.74, 6) is -1.18. The molecule has 0 saturated heterocycles. The van der Waals surface area contributed by atoms with Crippen LogP contribution in [0, 0.1) is 6.92 Å². The maximum absolute atomic E-state index is 12.1. The molecule has 0 spiro atoms. The summed E-state index contributed by atoms with van der Waals surface area (Å²) in [6, 6.07) is 6.58. The number of aromatic nitrogens is 1. The number of hydrogen-bond donors (Lipinski definition) is 2. The second kappa shape index (κ2) is 5.27. The summed E-state index contributed by atoms with van der Waals surface area (Å²) in [6.45, 7) is 1.88. The van der Waals surface area contributed by atoms with Gasteiger partial charge in [0.2, 0.25) is 0 Å². The molecule has 5 nitrogen and oxygen atoms in total. The van der Waals surface area contributed by atoms with Gasteiger partial charge in [0.05, 0.1) is 20.7 Å². The third-order valence-corrected chi connectivity index (χ3v) is 4.87. The SMILES string of the molecule is Cc1ccsc1C(=O)Nc1nc2ccc(C(=O)O)cc2s1. The van der Waals surface area contributed by atoms with Crippen molar-refractivity contribution in [1.82, 2.24) is 4.98 Å². The highest BCUT2D eigenvalue weighted by molar-refractivity contribution is 7.22. The van der Waals surface area contributed by atoms with E-state index in [1.165, 1.54) is 28.7 Å². The second-order valence-corrected chi connectivity index (χ2v) is 6.34. The zero-order valence-electron chi connectivity index (χ0n) is 10.9. The molecule has 21 heavy (non-hydrogen) atoms. The summed E-state index contributed by atoms with van der Waals surface area (Å²) in [6.07, 6.45) is 0. The normalized spacial score (nSPS) is 10.7. The first-order chi connectivity index (χ1) is 10.0. The smallest absolute Gasteiger partial charge is 0.335 e. The molecule has 0 unspecified atom stereocenters. The van der Waals surface area contributed by atoms with Crippen LogP contribution in [0.1, 0.15) is 25.6 Å². The summed E-state index contributed by atoms with van der Waals surface area (Å²) in [5.41, 5.74) is 1.80. The maximum Gasteiger partial charge on any atom is 0.335 e. The number of carbonyl (C=O) groups is 2. The van der Waals surface area contributed by atoms with Crippen LogP contribution >= 0.6 is 22.7 Å². The van der Waals surface area contributed by atoms with Crippen molar-refractivity contribution in [2.45, 2.75) is 6.92 Å². The van der Waals surface area contributed by atoms with Gasteiger partial charge >= 0.3 is 5.97 Å². The number of anilines is 1. The quantitative estimate of drug-likeness (QED) is 0.773. The van der Waals surface area contributed by atoms with Crippen molar-refractivity contribution in [2.75, 3.05) is 5.32 Å². The summed E-state index contributed by atoms with van der Waals surface area (Å²) in [7, 11) is 0. The number of carboxylic acids is 1. The standard InChI is InChI=1S/C14H10N2O3S2/c1-7-4-5-20-11(7)12(17)16-14-15-9-3-2-8(13(18)19)6-10(9)21-14/h2-6H,1H3,(H,18,19)(H,15,16,17). The molecule has 0 bridgehead atoms. The van der Waals surface area contributed by atoms with Gasteiger partial charge in [-0.1, -0.05) is 11.3 Å². The molecule has 0 atom stereocenters. The lowest BCUT2D eigenvalue weighted by atomic mass is 10.2. The second-order valence-electron chi connectivity index (χ2n) is 4.39. The number of aryl methyl sites for hydroxylation is 1. The number of fused-ring (bicyclic) bond motifs is 1. The van der Waals surface area contributed by atoms with Crippen LogP contribution in [0.15, 0.2) is 29.6 Å². The molecule has 1 aromatic carbocycles. The molecule has 0 saturated carbocycles. The van der Waals surface area contributed by atoms with Crippen LogP contribution < -0.4 is 5.32 Å². The average molecular weight is 318 g/mol. The minimum absolute atomic E-state index is 0.194. The molecule has 7 heteroatoms. The number of benzene rings is 1. The fraction of sp³-hybridized carbons (Fsp3) is 0.0714. The third-order valence-electron chi connectivity index (χ3n) is 2.92. The molecule has 0 aliphatic heterocycles. The lowest BCUT2D eigenvalue weighted by Gasteiger charge is -1.99. The van der Waals surface area contributed by atoms with Gasteiger partial charge in [0.25, 0.3) is 5.91 Å². The Balaban J connectivity index is 1.89. The highest BCUT2D eigenvalue weighted by Gasteiger charge is 2.14. The molecule has 106 valence electrons. The summed E-state index contributed by atoms with van der Waals surface area (Å²) in [5, 5.41) is 14.0. The van der Waals surface area contributed by atoms with E-state index < -0.39 is 5.97 Å². The van der Waals surface area contributed by atoms with E-state index in [4.69, 9.17) is 5.11 Å². The molecule has 0 radical (unpaired) electrons. The summed E-state index contributed by atoms with van der Waals surface area (Å²) in [4.78, 5) is 28.0. The largest absolute Gasteiger partial charge is 0.478 e. The molecule has 0 aliphatic rings. The van der Waals surface area contributed by atoms with Crippen LogP contribution in [-0.4, -0.2) is 22.0 Å². The van der Waals surface area contributed by atoms with E-state index in [1.54, 1.807) is 12.1 Å². The van der Waals surface area contributed by atoms with E-state index in [9.17, 15) is 9.59 Å². The molecular formula is C14H10N2O3S2. The van der Waals surface area contributed by atoms with Crippen molar-refractivity contribution in [3.8, 4) is 0 Å². The van der Waals surface area contributed by atoms with Gasteiger partial charge in [0.1, 0.15) is 0 Å². The van der Waals surface area contributed by atoms with Crippen molar-refractivity contribution in [1.29, 1.82) is 0 Å². The van der Waals surface area contributed by atoms with Crippen LogP contribution in [-0.2, 0) is 0 Å². The van der Waals surface area contributed by atoms with E-state index >= 15 is 0 Å². The predicted molar refractivity (Wildman–Crippen MR) is 83.6 cm³/mol. The first-order valence-electron chi connectivity index (χ1n) is 6.04. The van der Waals surface area contributed by atoms with Gasteiger partial charge in [-0.15, -0.1) is 11.3 Å². The molecule has 2 heterocycles. The number of amides is 1. The fourth-order valence-electron chi connectivity index (χ4n) is 1.87. The minimum Gasteiger partial charge on any atom is -0.478 e. The van der Waals surface area contributed by atoms with Crippen LogP contribution in [0.3, 0.4) is 0 Å². The molecule has 0 aliphatic carbocycles. The van der Waals surface area contributed by atoms with E-state index in [0.717, 1.165) is 10.3 Å². The number of carbonyl (C=O) groups excluding carboxylic acids is 1. The Hall–Kier alpha value is -2.25. The Bertz CT molecular complexity index is 851. The Morgan fingerprint density at radius 2 is 2.10 bits per heavy atom. The first-order valence-corrected chi connectivity index (χ1v) is 7.73. The molecule has 2 aromatic heterocycles. The molecular weight excluding hydrogens is 308 g/mol. The fourth-order valence-corrected chi connectivity index (χ4v) is 3.59. The van der Waals surface area contributed by atoms with E-state index in [1.807, 2.05) is 18.4 Å². The van der Waals surface area contributed by atoms with Gasteiger partial charge in [0, 0.05) is 0 Å². The van der Waals surface area contributed by atoms with Crippen molar-refractivity contribution in [3.05, 3.63) is 45.6 Å². The van der Waals surface area contributed by atoms with E-state index in [0.29, 0.717) is 15.5 Å². The number of thiophene rings is 1. The Labute approximate surface area is 127 Å². The Morgan fingerprint density at radius 1 is 1.29 bits per heavy atom. The summed E-state index contributed by atoms with van der Waals surface area (Å²) >= 11 is 2.64. The zero-order valence-corrected chi connectivity index (χ0v) is 12.5. The van der Waals surface area contributed by atoms with Gasteiger partial charge in [-0.3, -0.25) is 10.1 Å². The van der Waals surface area contributed by atoms with E-state index in [2.05, 4.69) is 10.3 Å². The number of thiazole rings is 1. The van der Waals surface area contributed by atoms with Crippen LogP contribution in [0.2, 0.25) is 0 Å². The number of rotatable bonds is 3. The van der Waals surface area contributed by atoms with Crippen molar-refractivity contribution in [2.24, 2.45) is 0 Å². The predicted octanol–water partition coefficient (Wildman–Crippen LogP) is 3.62. The minimum atomic E-state index is -0.981. The third kappa shape index (κ3) is 2.65. The topological polar surface area (TPSA) is 79.3 Å². The Kier molecular flexibility index (Phi) is 3.44. The lowest BCUT2D eigenvalue weighted by molar-refractivity contribution is 0.0697. The number of nitrogens with one attached hydrogen (secondary N) is 1. The number of aromatic carboxylic acids is 1. The molecule has 3 rings (SSSR count). The van der Waals surface area contributed by atoms with Crippen molar-refractivity contribution < 1.29 is 14.7 Å². The zero-order chi connectivity index (χ0) is 15.0. The average Bonchev–Trinajstić information content (AvgIpc) is 3.02. The van der Waals surface area contributed by atoms with Crippen LogP contribution in [0.25, 0.3) is 10.2 Å². The van der Waals surface area contributed by atoms with Crippen molar-refractivity contribution >= 4 is 49.9 Å².